The summed E-state index contributed by atoms with van der Waals surface area (Å²) in [5.41, 5.74) is 3.75. The van der Waals surface area contributed by atoms with Crippen molar-refractivity contribution in [2.75, 3.05) is 7.11 Å². The minimum absolute atomic E-state index is 0.0858. The van der Waals surface area contributed by atoms with Crippen LogP contribution in [0.3, 0.4) is 0 Å². The number of amides is 1. The highest BCUT2D eigenvalue weighted by molar-refractivity contribution is 8.18. The summed E-state index contributed by atoms with van der Waals surface area (Å²) in [6, 6.07) is 30.8. The molecule has 5 rings (SSSR count). The maximum absolute atomic E-state index is 13.6. The van der Waals surface area contributed by atoms with Crippen LogP contribution < -0.4 is 9.47 Å². The second-order valence-corrected chi connectivity index (χ2v) is 10.9. The molecule has 1 saturated heterocycles. The van der Waals surface area contributed by atoms with Crippen LogP contribution in [-0.4, -0.2) is 23.1 Å². The average Bonchev–Trinajstić information content (AvgIpc) is 3.26. The maximum atomic E-state index is 13.6. The van der Waals surface area contributed by atoms with Gasteiger partial charge in [0.05, 0.1) is 25.1 Å². The Labute approximate surface area is 248 Å². The molecular formula is C32H26Cl2N2O3S. The number of carbonyl (C=O) groups is 1. The number of rotatable bonds is 9. The predicted octanol–water partition coefficient (Wildman–Crippen LogP) is 8.25. The Morgan fingerprint density at radius 2 is 1.60 bits per heavy atom. The third kappa shape index (κ3) is 6.89. The first-order valence-electron chi connectivity index (χ1n) is 12.6. The highest BCUT2D eigenvalue weighted by Crippen LogP contribution is 2.36. The first kappa shape index (κ1) is 27.8. The van der Waals surface area contributed by atoms with Crippen molar-refractivity contribution in [1.82, 2.24) is 4.90 Å². The molecule has 1 amide bonds. The molecule has 4 aromatic carbocycles. The molecule has 8 heteroatoms. The van der Waals surface area contributed by atoms with Gasteiger partial charge in [-0.2, -0.15) is 0 Å². The summed E-state index contributed by atoms with van der Waals surface area (Å²) < 4.78 is 11.6. The standard InChI is InChI=1S/C32H26Cl2N2O3S/c1-38-29-16-24(12-15-28(29)39-21-25-13-14-26(33)18-27(25)34)17-30-31(37)36(20-23-10-6-3-7-11-23)32(40-30)35-19-22-8-4-2-5-9-22/h2-18H,19-21H2,1H3/b30-17-,35-32?. The SMILES string of the molecule is COc1cc(/C=C2\SC(=NCc3ccccc3)N(Cc3ccccc3)C2=O)ccc1OCc1ccc(Cl)cc1Cl. The third-order valence-corrected chi connectivity index (χ3v) is 7.83. The second-order valence-electron chi connectivity index (χ2n) is 9.01. The van der Waals surface area contributed by atoms with Gasteiger partial charge in [-0.1, -0.05) is 96.0 Å². The number of hydrogen-bond acceptors (Lipinski definition) is 5. The van der Waals surface area contributed by atoms with Crippen molar-refractivity contribution in [3.63, 3.8) is 0 Å². The van der Waals surface area contributed by atoms with Crippen LogP contribution in [0.2, 0.25) is 10.0 Å². The van der Waals surface area contributed by atoms with E-state index in [-0.39, 0.29) is 12.5 Å². The lowest BCUT2D eigenvalue weighted by Crippen LogP contribution is -2.28. The predicted molar refractivity (Wildman–Crippen MR) is 164 cm³/mol. The molecule has 1 heterocycles. The van der Waals surface area contributed by atoms with Crippen LogP contribution in [0.1, 0.15) is 22.3 Å². The number of halogens is 2. The number of hydrogen-bond donors (Lipinski definition) is 0. The lowest BCUT2D eigenvalue weighted by Gasteiger charge is -2.15. The zero-order valence-corrected chi connectivity index (χ0v) is 24.0. The van der Waals surface area contributed by atoms with Crippen LogP contribution in [0.15, 0.2) is 107 Å². The quantitative estimate of drug-likeness (QED) is 0.185. The Bertz CT molecular complexity index is 1560. The van der Waals surface area contributed by atoms with E-state index >= 15 is 0 Å². The summed E-state index contributed by atoms with van der Waals surface area (Å²) >= 11 is 13.7. The Morgan fingerprint density at radius 3 is 2.30 bits per heavy atom. The summed E-state index contributed by atoms with van der Waals surface area (Å²) in [5, 5.41) is 1.78. The minimum Gasteiger partial charge on any atom is -0.493 e. The molecule has 0 radical (unpaired) electrons. The van der Waals surface area contributed by atoms with Gasteiger partial charge in [-0.3, -0.25) is 14.7 Å². The Balaban J connectivity index is 1.37. The third-order valence-electron chi connectivity index (χ3n) is 6.20. The number of ether oxygens (including phenoxy) is 2. The van der Waals surface area contributed by atoms with Gasteiger partial charge in [0.2, 0.25) is 0 Å². The van der Waals surface area contributed by atoms with Crippen LogP contribution in [0.25, 0.3) is 6.08 Å². The van der Waals surface area contributed by atoms with E-state index in [1.165, 1.54) is 11.8 Å². The molecule has 1 aliphatic rings. The van der Waals surface area contributed by atoms with Crippen molar-refractivity contribution >= 4 is 52.1 Å². The number of benzene rings is 4. The molecule has 0 atom stereocenters. The number of carbonyl (C=O) groups excluding carboxylic acids is 1. The van der Waals surface area contributed by atoms with Gasteiger partial charge in [0.25, 0.3) is 5.91 Å². The van der Waals surface area contributed by atoms with Gasteiger partial charge in [-0.05, 0) is 58.8 Å². The molecule has 0 bridgehead atoms. The molecule has 40 heavy (non-hydrogen) atoms. The van der Waals surface area contributed by atoms with E-state index in [9.17, 15) is 4.79 Å². The number of aliphatic imine (C=N–C) groups is 1. The number of thioether (sulfide) groups is 1. The highest BCUT2D eigenvalue weighted by atomic mass is 35.5. The van der Waals surface area contributed by atoms with Gasteiger partial charge in [-0.25, -0.2) is 0 Å². The van der Waals surface area contributed by atoms with Crippen LogP contribution in [0.5, 0.6) is 11.5 Å². The summed E-state index contributed by atoms with van der Waals surface area (Å²) in [5.74, 6) is 1.03. The van der Waals surface area contributed by atoms with Crippen molar-refractivity contribution in [1.29, 1.82) is 0 Å². The molecule has 1 aliphatic heterocycles. The number of amidine groups is 1. The van der Waals surface area contributed by atoms with E-state index in [1.54, 1.807) is 24.1 Å². The minimum atomic E-state index is -0.0858. The molecule has 0 spiro atoms. The van der Waals surface area contributed by atoms with Crippen molar-refractivity contribution in [2.45, 2.75) is 19.7 Å². The topological polar surface area (TPSA) is 51.1 Å². The Hall–Kier alpha value is -3.71. The molecule has 0 unspecified atom stereocenters. The van der Waals surface area contributed by atoms with E-state index in [0.717, 1.165) is 22.3 Å². The summed E-state index contributed by atoms with van der Waals surface area (Å²) in [7, 11) is 1.58. The van der Waals surface area contributed by atoms with Gasteiger partial charge in [0, 0.05) is 15.6 Å². The molecule has 0 aromatic heterocycles. The van der Waals surface area contributed by atoms with E-state index in [2.05, 4.69) is 0 Å². The van der Waals surface area contributed by atoms with Crippen molar-refractivity contribution < 1.29 is 14.3 Å². The molecule has 5 nitrogen and oxygen atoms in total. The van der Waals surface area contributed by atoms with Crippen molar-refractivity contribution in [2.24, 2.45) is 4.99 Å². The van der Waals surface area contributed by atoms with E-state index in [0.29, 0.717) is 44.7 Å². The normalized spacial score (nSPS) is 15.2. The summed E-state index contributed by atoms with van der Waals surface area (Å²) in [4.78, 5) is 20.7. The molecule has 0 aliphatic carbocycles. The lowest BCUT2D eigenvalue weighted by atomic mass is 10.1. The van der Waals surface area contributed by atoms with Gasteiger partial charge in [-0.15, -0.1) is 0 Å². The molecule has 0 N–H and O–H groups in total. The fraction of sp³-hybridized carbons (Fsp3) is 0.125. The Kier molecular flexibility index (Phi) is 9.12. The van der Waals surface area contributed by atoms with Gasteiger partial charge < -0.3 is 9.47 Å². The second kappa shape index (κ2) is 13.1. The van der Waals surface area contributed by atoms with Crippen molar-refractivity contribution in [3.05, 3.63) is 134 Å². The van der Waals surface area contributed by atoms with E-state index in [4.69, 9.17) is 37.7 Å². The van der Waals surface area contributed by atoms with E-state index in [1.807, 2.05) is 91.0 Å². The van der Waals surface area contributed by atoms with Crippen LogP contribution >= 0.6 is 35.0 Å². The smallest absolute Gasteiger partial charge is 0.267 e. The summed E-state index contributed by atoms with van der Waals surface area (Å²) in [6.45, 7) is 1.20. The fourth-order valence-corrected chi connectivity index (χ4v) is 5.55. The van der Waals surface area contributed by atoms with Crippen molar-refractivity contribution in [3.8, 4) is 11.5 Å². The van der Waals surface area contributed by atoms with Gasteiger partial charge in [0.15, 0.2) is 16.7 Å². The number of nitrogens with zero attached hydrogens (tertiary/aromatic N) is 2. The average molecular weight is 590 g/mol. The Morgan fingerprint density at radius 1 is 0.875 bits per heavy atom. The summed E-state index contributed by atoms with van der Waals surface area (Å²) in [6.07, 6.45) is 1.86. The highest BCUT2D eigenvalue weighted by Gasteiger charge is 2.33. The lowest BCUT2D eigenvalue weighted by molar-refractivity contribution is -0.122. The molecule has 4 aromatic rings. The van der Waals surface area contributed by atoms with E-state index < -0.39 is 0 Å². The molecular weight excluding hydrogens is 563 g/mol. The largest absolute Gasteiger partial charge is 0.493 e. The first-order chi connectivity index (χ1) is 19.5. The molecule has 202 valence electrons. The van der Waals surface area contributed by atoms with Crippen LogP contribution in [0.4, 0.5) is 0 Å². The number of methoxy groups -OCH3 is 1. The maximum Gasteiger partial charge on any atom is 0.267 e. The fourth-order valence-electron chi connectivity index (χ4n) is 4.11. The van der Waals surface area contributed by atoms with Crippen LogP contribution in [0, 0.1) is 0 Å². The zero-order valence-electron chi connectivity index (χ0n) is 21.7. The first-order valence-corrected chi connectivity index (χ1v) is 14.2. The molecule has 0 saturated carbocycles. The monoisotopic (exact) mass is 588 g/mol. The van der Waals surface area contributed by atoms with Crippen LogP contribution in [-0.2, 0) is 24.5 Å². The van der Waals surface area contributed by atoms with Gasteiger partial charge in [0.1, 0.15) is 6.61 Å². The molecule has 1 fully saturated rings. The zero-order chi connectivity index (χ0) is 27.9. The van der Waals surface area contributed by atoms with Gasteiger partial charge >= 0.3 is 0 Å².